The Morgan fingerprint density at radius 2 is 2.18 bits per heavy atom. The van der Waals surface area contributed by atoms with Crippen molar-refractivity contribution in [3.63, 3.8) is 0 Å². The number of ether oxygens (including phenoxy) is 1. The maximum absolute atomic E-state index is 10.4. The maximum atomic E-state index is 10.4. The summed E-state index contributed by atoms with van der Waals surface area (Å²) in [5.74, 6) is 0.764. The number of likely N-dealkylation sites (tertiary alicyclic amines) is 1. The van der Waals surface area contributed by atoms with Crippen LogP contribution in [0.4, 0.5) is 0 Å². The van der Waals surface area contributed by atoms with E-state index in [1.165, 1.54) is 0 Å². The summed E-state index contributed by atoms with van der Waals surface area (Å²) in [5, 5.41) is 13.5. The second-order valence-corrected chi connectivity index (χ2v) is 6.57. The molecule has 0 aliphatic carbocycles. The smallest absolute Gasteiger partial charge is 0.141 e. The molecule has 3 rings (SSSR count). The maximum Gasteiger partial charge on any atom is 0.141 e. The number of aliphatic hydroxyl groups is 1. The number of aromatic nitrogens is 2. The van der Waals surface area contributed by atoms with Crippen LogP contribution in [0.1, 0.15) is 23.5 Å². The summed E-state index contributed by atoms with van der Waals surface area (Å²) in [7, 11) is 0. The standard InChI is InChI=1S/C16H21N3O2S/c1-12-14(3-2-6-17-12)21-15-5-9-19(8-4-13(15)20)11-16-18-7-10-22-16/h2-3,6-7,10,13,15,20H,4-5,8-9,11H2,1H3/t13-,15-/m0/s1. The minimum Gasteiger partial charge on any atom is -0.486 e. The summed E-state index contributed by atoms with van der Waals surface area (Å²) in [5.41, 5.74) is 0.860. The van der Waals surface area contributed by atoms with E-state index in [1.54, 1.807) is 17.5 Å². The van der Waals surface area contributed by atoms with E-state index < -0.39 is 6.10 Å². The third kappa shape index (κ3) is 3.82. The molecule has 118 valence electrons. The van der Waals surface area contributed by atoms with Gasteiger partial charge >= 0.3 is 0 Å². The number of pyridine rings is 1. The predicted molar refractivity (Wildman–Crippen MR) is 86.0 cm³/mol. The molecule has 5 nitrogen and oxygen atoms in total. The molecular weight excluding hydrogens is 298 g/mol. The number of aryl methyl sites for hydroxylation is 1. The van der Waals surface area contributed by atoms with Crippen molar-refractivity contribution in [3.05, 3.63) is 40.6 Å². The van der Waals surface area contributed by atoms with Gasteiger partial charge < -0.3 is 9.84 Å². The highest BCUT2D eigenvalue weighted by Gasteiger charge is 2.27. The fourth-order valence-electron chi connectivity index (χ4n) is 2.69. The van der Waals surface area contributed by atoms with Crippen LogP contribution in [0.25, 0.3) is 0 Å². The van der Waals surface area contributed by atoms with Gasteiger partial charge in [-0.3, -0.25) is 9.88 Å². The van der Waals surface area contributed by atoms with Crippen molar-refractivity contribution in [2.45, 2.75) is 38.5 Å². The Bertz CT molecular complexity index is 591. The van der Waals surface area contributed by atoms with Crippen molar-refractivity contribution in [1.29, 1.82) is 0 Å². The fraction of sp³-hybridized carbons (Fsp3) is 0.500. The molecule has 2 atom stereocenters. The van der Waals surface area contributed by atoms with E-state index in [9.17, 15) is 5.11 Å². The fourth-order valence-corrected chi connectivity index (χ4v) is 3.35. The van der Waals surface area contributed by atoms with Gasteiger partial charge in [-0.2, -0.15) is 0 Å². The lowest BCUT2D eigenvalue weighted by molar-refractivity contribution is 0.0343. The molecule has 0 radical (unpaired) electrons. The molecule has 0 unspecified atom stereocenters. The molecule has 1 aliphatic heterocycles. The Hall–Kier alpha value is -1.50. The molecule has 0 saturated carbocycles. The Morgan fingerprint density at radius 3 is 2.95 bits per heavy atom. The monoisotopic (exact) mass is 319 g/mol. The van der Waals surface area contributed by atoms with Gasteiger partial charge in [-0.1, -0.05) is 0 Å². The molecule has 22 heavy (non-hydrogen) atoms. The van der Waals surface area contributed by atoms with Crippen molar-refractivity contribution in [2.24, 2.45) is 0 Å². The number of thiazole rings is 1. The molecule has 1 aliphatic rings. The van der Waals surface area contributed by atoms with Crippen LogP contribution in [0.15, 0.2) is 29.9 Å². The van der Waals surface area contributed by atoms with Crippen molar-refractivity contribution in [2.75, 3.05) is 13.1 Å². The zero-order chi connectivity index (χ0) is 15.4. The zero-order valence-corrected chi connectivity index (χ0v) is 13.5. The molecule has 2 aromatic rings. The van der Waals surface area contributed by atoms with E-state index in [4.69, 9.17) is 4.74 Å². The third-order valence-electron chi connectivity index (χ3n) is 3.98. The molecule has 1 fully saturated rings. The summed E-state index contributed by atoms with van der Waals surface area (Å²) in [4.78, 5) is 10.9. The van der Waals surface area contributed by atoms with Crippen LogP contribution in [0.5, 0.6) is 5.75 Å². The van der Waals surface area contributed by atoms with E-state index in [0.717, 1.165) is 48.9 Å². The van der Waals surface area contributed by atoms with E-state index in [2.05, 4.69) is 14.9 Å². The zero-order valence-electron chi connectivity index (χ0n) is 12.7. The average Bonchev–Trinajstić information content (AvgIpc) is 2.96. The van der Waals surface area contributed by atoms with Crippen molar-refractivity contribution in [1.82, 2.24) is 14.9 Å². The van der Waals surface area contributed by atoms with Gasteiger partial charge in [-0.25, -0.2) is 4.98 Å². The Morgan fingerprint density at radius 1 is 1.32 bits per heavy atom. The number of hydrogen-bond acceptors (Lipinski definition) is 6. The molecular formula is C16H21N3O2S. The molecule has 6 heteroatoms. The number of rotatable bonds is 4. The first kappa shape index (κ1) is 15.4. The van der Waals surface area contributed by atoms with Crippen molar-refractivity contribution >= 4 is 11.3 Å². The number of aliphatic hydroxyl groups excluding tert-OH is 1. The molecule has 2 aromatic heterocycles. The minimum atomic E-state index is -0.444. The van der Waals surface area contributed by atoms with Crippen LogP contribution in [0.2, 0.25) is 0 Å². The largest absolute Gasteiger partial charge is 0.486 e. The van der Waals surface area contributed by atoms with Crippen LogP contribution in [-0.2, 0) is 6.54 Å². The van der Waals surface area contributed by atoms with E-state index in [1.807, 2.05) is 30.6 Å². The summed E-state index contributed by atoms with van der Waals surface area (Å²) < 4.78 is 6.01. The first-order valence-corrected chi connectivity index (χ1v) is 8.47. The first-order valence-electron chi connectivity index (χ1n) is 7.59. The van der Waals surface area contributed by atoms with Crippen LogP contribution in [0.3, 0.4) is 0 Å². The van der Waals surface area contributed by atoms with Crippen molar-refractivity contribution in [3.8, 4) is 5.75 Å². The third-order valence-corrected chi connectivity index (χ3v) is 4.74. The van der Waals surface area contributed by atoms with E-state index >= 15 is 0 Å². The average molecular weight is 319 g/mol. The summed E-state index contributed by atoms with van der Waals surface area (Å²) in [6, 6.07) is 3.77. The van der Waals surface area contributed by atoms with Gasteiger partial charge in [-0.05, 0) is 31.9 Å². The van der Waals surface area contributed by atoms with Crippen LogP contribution >= 0.6 is 11.3 Å². The normalized spacial score (nSPS) is 23.2. The minimum absolute atomic E-state index is 0.177. The van der Waals surface area contributed by atoms with Gasteiger partial charge in [0, 0.05) is 30.9 Å². The molecule has 3 heterocycles. The SMILES string of the molecule is Cc1ncccc1O[C@H]1CCN(Cc2nccs2)CC[C@@H]1O. The highest BCUT2D eigenvalue weighted by atomic mass is 32.1. The Kier molecular flexibility index (Phi) is 5.02. The highest BCUT2D eigenvalue weighted by Crippen LogP contribution is 2.22. The highest BCUT2D eigenvalue weighted by molar-refractivity contribution is 7.09. The van der Waals surface area contributed by atoms with Gasteiger partial charge in [-0.15, -0.1) is 11.3 Å². The molecule has 0 aromatic carbocycles. The van der Waals surface area contributed by atoms with Crippen LogP contribution < -0.4 is 4.74 Å². The van der Waals surface area contributed by atoms with Gasteiger partial charge in [0.25, 0.3) is 0 Å². The summed E-state index contributed by atoms with van der Waals surface area (Å²) >= 11 is 1.67. The van der Waals surface area contributed by atoms with Gasteiger partial charge in [0.05, 0.1) is 18.3 Å². The number of hydrogen-bond donors (Lipinski definition) is 1. The van der Waals surface area contributed by atoms with Gasteiger partial charge in [0.1, 0.15) is 16.9 Å². The van der Waals surface area contributed by atoms with Crippen LogP contribution in [0, 0.1) is 6.92 Å². The predicted octanol–water partition coefficient (Wildman–Crippen LogP) is 2.25. The molecule has 1 saturated heterocycles. The van der Waals surface area contributed by atoms with E-state index in [0.29, 0.717) is 0 Å². The van der Waals surface area contributed by atoms with Crippen LogP contribution in [-0.4, -0.2) is 45.3 Å². The lowest BCUT2D eigenvalue weighted by Crippen LogP contribution is -2.31. The molecule has 1 N–H and O–H groups in total. The topological polar surface area (TPSA) is 58.5 Å². The number of nitrogens with zero attached hydrogens (tertiary/aromatic N) is 3. The Labute approximate surface area is 134 Å². The quantitative estimate of drug-likeness (QED) is 0.937. The lowest BCUT2D eigenvalue weighted by Gasteiger charge is -2.22. The first-order chi connectivity index (χ1) is 10.7. The second kappa shape index (κ2) is 7.17. The van der Waals surface area contributed by atoms with E-state index in [-0.39, 0.29) is 6.10 Å². The van der Waals surface area contributed by atoms with Gasteiger partial charge in [0.15, 0.2) is 0 Å². The summed E-state index contributed by atoms with van der Waals surface area (Å²) in [6.07, 6.45) is 4.49. The summed E-state index contributed by atoms with van der Waals surface area (Å²) in [6.45, 7) is 4.55. The Balaban J connectivity index is 1.61. The second-order valence-electron chi connectivity index (χ2n) is 5.59. The molecule has 0 amide bonds. The molecule has 0 bridgehead atoms. The lowest BCUT2D eigenvalue weighted by atomic mass is 10.1. The van der Waals surface area contributed by atoms with Gasteiger partial charge in [0.2, 0.25) is 0 Å². The molecule has 0 spiro atoms. The van der Waals surface area contributed by atoms with Crippen molar-refractivity contribution < 1.29 is 9.84 Å².